The fourth-order valence-corrected chi connectivity index (χ4v) is 5.12. The molecule has 1 saturated heterocycles. The van der Waals surface area contributed by atoms with Crippen molar-refractivity contribution < 1.29 is 38.4 Å². The third-order valence-electron chi connectivity index (χ3n) is 7.22. The summed E-state index contributed by atoms with van der Waals surface area (Å²) in [6.45, 7) is 6.76. The third-order valence-corrected chi connectivity index (χ3v) is 7.22. The van der Waals surface area contributed by atoms with Gasteiger partial charge in [0.05, 0.1) is 39.0 Å². The van der Waals surface area contributed by atoms with Crippen LogP contribution in [0.3, 0.4) is 0 Å². The molecule has 1 unspecified atom stereocenters. The number of aliphatic hydroxyl groups is 1. The highest BCUT2D eigenvalue weighted by Crippen LogP contribution is 2.46. The second-order valence-electron chi connectivity index (χ2n) is 10.5. The molecule has 1 heterocycles. The van der Waals surface area contributed by atoms with Gasteiger partial charge in [0.25, 0.3) is 11.7 Å². The molecule has 1 N–H and O–H groups in total. The largest absolute Gasteiger partial charge is 0.507 e. The molecule has 1 aliphatic rings. The lowest BCUT2D eigenvalue weighted by molar-refractivity contribution is -0.140. The van der Waals surface area contributed by atoms with Gasteiger partial charge in [-0.3, -0.25) is 9.59 Å². The molecule has 0 aromatic heterocycles. The number of aliphatic hydroxyl groups excluding tert-OH is 1. The molecule has 0 spiro atoms. The molecule has 1 atom stereocenters. The van der Waals surface area contributed by atoms with Crippen LogP contribution in [0.15, 0.2) is 66.2 Å². The Labute approximate surface area is 252 Å². The molecule has 0 radical (unpaired) electrons. The summed E-state index contributed by atoms with van der Waals surface area (Å²) < 4.78 is 28.2. The summed E-state index contributed by atoms with van der Waals surface area (Å²) in [5.41, 5.74) is 2.69. The van der Waals surface area contributed by atoms with Crippen LogP contribution in [-0.2, 0) is 20.9 Å². The van der Waals surface area contributed by atoms with Crippen molar-refractivity contribution in [2.24, 2.45) is 0 Å². The molecule has 3 aromatic rings. The van der Waals surface area contributed by atoms with Gasteiger partial charge in [-0.1, -0.05) is 30.3 Å². The van der Waals surface area contributed by atoms with Crippen molar-refractivity contribution in [3.8, 4) is 23.0 Å². The van der Waals surface area contributed by atoms with Crippen molar-refractivity contribution in [3.05, 3.63) is 88.5 Å². The van der Waals surface area contributed by atoms with E-state index in [1.807, 2.05) is 51.1 Å². The maximum absolute atomic E-state index is 13.5. The Hall–Kier alpha value is -4.50. The number of carbonyl (C=O) groups excluding carboxylic acids is 2. The van der Waals surface area contributed by atoms with Crippen molar-refractivity contribution >= 4 is 17.4 Å². The molecule has 43 heavy (non-hydrogen) atoms. The average Bonchev–Trinajstić information content (AvgIpc) is 3.26. The van der Waals surface area contributed by atoms with Gasteiger partial charge in [0.1, 0.15) is 18.1 Å². The molecule has 3 aromatic carbocycles. The van der Waals surface area contributed by atoms with E-state index < -0.39 is 17.7 Å². The van der Waals surface area contributed by atoms with Crippen LogP contribution < -0.4 is 18.9 Å². The predicted octanol–water partition coefficient (Wildman–Crippen LogP) is 5.84. The van der Waals surface area contributed by atoms with Crippen molar-refractivity contribution in [3.63, 3.8) is 0 Å². The summed E-state index contributed by atoms with van der Waals surface area (Å²) in [5.74, 6) is -0.0177. The normalized spacial score (nSPS) is 16.1. The minimum atomic E-state index is -0.901. The number of nitrogens with zero attached hydrogens (tertiary/aromatic N) is 1. The van der Waals surface area contributed by atoms with E-state index in [0.29, 0.717) is 53.8 Å². The fourth-order valence-electron chi connectivity index (χ4n) is 5.12. The topological polar surface area (TPSA) is 104 Å². The predicted molar refractivity (Wildman–Crippen MR) is 163 cm³/mol. The number of likely N-dealkylation sites (tertiary alicyclic amines) is 1. The van der Waals surface area contributed by atoms with Crippen LogP contribution in [0.25, 0.3) is 5.76 Å². The molecule has 0 bridgehead atoms. The maximum Gasteiger partial charge on any atom is 0.295 e. The van der Waals surface area contributed by atoms with Crippen LogP contribution in [0.2, 0.25) is 0 Å². The van der Waals surface area contributed by atoms with Crippen LogP contribution in [0.5, 0.6) is 23.0 Å². The van der Waals surface area contributed by atoms with Crippen LogP contribution in [0.4, 0.5) is 0 Å². The monoisotopic (exact) mass is 589 g/mol. The molecule has 0 aliphatic carbocycles. The highest BCUT2D eigenvalue weighted by Gasteiger charge is 2.46. The van der Waals surface area contributed by atoms with E-state index in [1.54, 1.807) is 30.3 Å². The Bertz CT molecular complexity index is 1460. The summed E-state index contributed by atoms with van der Waals surface area (Å²) >= 11 is 0. The Morgan fingerprint density at radius 2 is 1.58 bits per heavy atom. The van der Waals surface area contributed by atoms with Crippen LogP contribution in [-0.4, -0.2) is 62.3 Å². The summed E-state index contributed by atoms with van der Waals surface area (Å²) in [6.07, 6.45) is 0.530. The van der Waals surface area contributed by atoms with Gasteiger partial charge in [0, 0.05) is 18.7 Å². The lowest BCUT2D eigenvalue weighted by Crippen LogP contribution is -2.31. The molecular formula is C34H39NO8. The van der Waals surface area contributed by atoms with Crippen molar-refractivity contribution in [1.29, 1.82) is 0 Å². The Morgan fingerprint density at radius 1 is 0.907 bits per heavy atom. The van der Waals surface area contributed by atoms with Gasteiger partial charge >= 0.3 is 0 Å². The molecule has 1 aliphatic heterocycles. The first-order valence-corrected chi connectivity index (χ1v) is 14.2. The number of ketones is 1. The van der Waals surface area contributed by atoms with E-state index in [-0.39, 0.29) is 24.0 Å². The minimum Gasteiger partial charge on any atom is -0.507 e. The van der Waals surface area contributed by atoms with Gasteiger partial charge in [-0.15, -0.1) is 0 Å². The lowest BCUT2D eigenvalue weighted by atomic mass is 9.94. The highest BCUT2D eigenvalue weighted by molar-refractivity contribution is 6.46. The van der Waals surface area contributed by atoms with Crippen molar-refractivity contribution in [1.82, 2.24) is 4.90 Å². The van der Waals surface area contributed by atoms with Crippen LogP contribution >= 0.6 is 0 Å². The summed E-state index contributed by atoms with van der Waals surface area (Å²) in [7, 11) is 4.48. The van der Waals surface area contributed by atoms with E-state index in [9.17, 15) is 14.7 Å². The third kappa shape index (κ3) is 6.94. The molecule has 228 valence electrons. The molecule has 4 rings (SSSR count). The lowest BCUT2D eigenvalue weighted by Gasteiger charge is -2.26. The van der Waals surface area contributed by atoms with Gasteiger partial charge in [0.15, 0.2) is 11.5 Å². The van der Waals surface area contributed by atoms with Gasteiger partial charge < -0.3 is 33.7 Å². The van der Waals surface area contributed by atoms with E-state index in [2.05, 4.69) is 0 Å². The summed E-state index contributed by atoms with van der Waals surface area (Å²) in [5, 5.41) is 11.6. The van der Waals surface area contributed by atoms with Crippen molar-refractivity contribution in [2.45, 2.75) is 45.9 Å². The van der Waals surface area contributed by atoms with E-state index in [1.165, 1.54) is 26.2 Å². The van der Waals surface area contributed by atoms with Crippen LogP contribution in [0, 0.1) is 6.92 Å². The first-order chi connectivity index (χ1) is 20.7. The van der Waals surface area contributed by atoms with Gasteiger partial charge in [-0.25, -0.2) is 0 Å². The number of rotatable bonds is 13. The van der Waals surface area contributed by atoms with Crippen LogP contribution in [0.1, 0.15) is 48.6 Å². The summed E-state index contributed by atoms with van der Waals surface area (Å²) in [4.78, 5) is 28.4. The summed E-state index contributed by atoms with van der Waals surface area (Å²) in [6, 6.07) is 17.4. The molecular weight excluding hydrogens is 550 g/mol. The second-order valence-corrected chi connectivity index (χ2v) is 10.5. The quantitative estimate of drug-likeness (QED) is 0.115. The standard InChI is InChI=1S/C34H39NO8/c1-21(2)42-16-10-15-35-30(25-18-27(39-4)33(41-6)28(19-25)40-5)29(32(37)34(35)38)31(36)24-13-14-26(22(3)17-24)43-20-23-11-8-7-9-12-23/h7-9,11-14,17-19,21,30,36H,10,15-16,20H2,1-6H3/b31-29+. The number of hydrogen-bond acceptors (Lipinski definition) is 8. The second kappa shape index (κ2) is 14.1. The van der Waals surface area contributed by atoms with Gasteiger partial charge in [0.2, 0.25) is 5.75 Å². The van der Waals surface area contributed by atoms with Crippen molar-refractivity contribution in [2.75, 3.05) is 34.5 Å². The molecule has 9 heteroatoms. The number of aryl methyl sites for hydroxylation is 1. The average molecular weight is 590 g/mol. The SMILES string of the molecule is COc1cc(C2/C(=C(\O)c3ccc(OCc4ccccc4)c(C)c3)C(=O)C(=O)N2CCCOC(C)C)cc(OC)c1OC. The van der Waals surface area contributed by atoms with E-state index in [4.69, 9.17) is 23.7 Å². The van der Waals surface area contributed by atoms with E-state index >= 15 is 0 Å². The number of benzene rings is 3. The number of carbonyl (C=O) groups is 2. The molecule has 9 nitrogen and oxygen atoms in total. The van der Waals surface area contributed by atoms with E-state index in [0.717, 1.165) is 11.1 Å². The molecule has 0 saturated carbocycles. The first-order valence-electron chi connectivity index (χ1n) is 14.2. The van der Waals surface area contributed by atoms with Gasteiger partial charge in [-0.05, 0) is 74.2 Å². The Kier molecular flexibility index (Phi) is 10.3. The number of ether oxygens (including phenoxy) is 5. The molecule has 1 fully saturated rings. The number of hydrogen-bond donors (Lipinski definition) is 1. The number of amides is 1. The number of Topliss-reactive ketones (excluding diaryl/α,β-unsaturated/α-hetero) is 1. The minimum absolute atomic E-state index is 0.0265. The zero-order valence-electron chi connectivity index (χ0n) is 25.5. The Balaban J connectivity index is 1.76. The van der Waals surface area contributed by atoms with Gasteiger partial charge in [-0.2, -0.15) is 0 Å². The number of methoxy groups -OCH3 is 3. The smallest absolute Gasteiger partial charge is 0.295 e. The molecule has 1 amide bonds. The highest BCUT2D eigenvalue weighted by atomic mass is 16.5. The first kappa shape index (κ1) is 31.4. The Morgan fingerprint density at radius 3 is 2.16 bits per heavy atom. The zero-order valence-corrected chi connectivity index (χ0v) is 25.5. The maximum atomic E-state index is 13.5. The zero-order chi connectivity index (χ0) is 31.1. The fraction of sp³-hybridized carbons (Fsp3) is 0.353.